The quantitative estimate of drug-likeness (QED) is 0.403. The van der Waals surface area contributed by atoms with E-state index in [-0.39, 0.29) is 4.90 Å². The zero-order valence-corrected chi connectivity index (χ0v) is 16.8. The molecule has 0 spiro atoms. The molecule has 4 rings (SSSR count). The second-order valence-corrected chi connectivity index (χ2v) is 8.85. The Hall–Kier alpha value is -2.70. The molecule has 0 bridgehead atoms. The van der Waals surface area contributed by atoms with Crippen molar-refractivity contribution >= 4 is 43.6 Å². The van der Waals surface area contributed by atoms with Gasteiger partial charge in [-0.2, -0.15) is 5.26 Å². The molecular weight excluding hydrogens is 473 g/mol. The zero-order valence-electron chi connectivity index (χ0n) is 13.9. The number of hydrogen-bond acceptors (Lipinski definition) is 4. The Morgan fingerprint density at radius 3 is 2.37 bits per heavy atom. The second-order valence-electron chi connectivity index (χ2n) is 5.88. The summed E-state index contributed by atoms with van der Waals surface area (Å²) in [6, 6.07) is 19.5. The molecule has 0 N–H and O–H groups in total. The van der Waals surface area contributed by atoms with E-state index in [1.807, 2.05) is 18.2 Å². The lowest BCUT2D eigenvalue weighted by atomic mass is 10.1. The van der Waals surface area contributed by atoms with Crippen molar-refractivity contribution in [3.63, 3.8) is 0 Å². The third-order valence-electron chi connectivity index (χ3n) is 4.21. The van der Waals surface area contributed by atoms with Crippen LogP contribution >= 0.6 is 22.6 Å². The lowest BCUT2D eigenvalue weighted by Crippen LogP contribution is -2.12. The number of benzene rings is 2. The SMILES string of the molecule is N#Cc1ccc(-c2cnc3c(c2)c(I)cn3S(=O)(=O)c2ccccc2)cc1. The zero-order chi connectivity index (χ0) is 19.0. The van der Waals surface area contributed by atoms with Gasteiger partial charge in [0.15, 0.2) is 5.65 Å². The first-order valence-electron chi connectivity index (χ1n) is 7.98. The molecule has 0 aliphatic rings. The van der Waals surface area contributed by atoms with Gasteiger partial charge in [0, 0.05) is 26.9 Å². The van der Waals surface area contributed by atoms with Crippen LogP contribution in [0.15, 0.2) is 78.0 Å². The maximum atomic E-state index is 13.0. The van der Waals surface area contributed by atoms with Crippen LogP contribution < -0.4 is 0 Å². The lowest BCUT2D eigenvalue weighted by Gasteiger charge is -2.07. The van der Waals surface area contributed by atoms with Crippen molar-refractivity contribution in [2.75, 3.05) is 0 Å². The Morgan fingerprint density at radius 1 is 1.00 bits per heavy atom. The van der Waals surface area contributed by atoms with E-state index < -0.39 is 10.0 Å². The van der Waals surface area contributed by atoms with Gasteiger partial charge in [-0.1, -0.05) is 30.3 Å². The first-order valence-corrected chi connectivity index (χ1v) is 10.5. The van der Waals surface area contributed by atoms with Gasteiger partial charge >= 0.3 is 0 Å². The Bertz CT molecular complexity index is 1290. The molecule has 0 saturated heterocycles. The molecule has 0 radical (unpaired) electrons. The van der Waals surface area contributed by atoms with E-state index in [9.17, 15) is 8.42 Å². The minimum atomic E-state index is -3.72. The van der Waals surface area contributed by atoms with E-state index in [4.69, 9.17) is 5.26 Å². The van der Waals surface area contributed by atoms with Gasteiger partial charge in [-0.15, -0.1) is 0 Å². The molecule has 0 aliphatic carbocycles. The fourth-order valence-corrected chi connectivity index (χ4v) is 5.04. The van der Waals surface area contributed by atoms with Gasteiger partial charge in [0.05, 0.1) is 16.5 Å². The van der Waals surface area contributed by atoms with Crippen LogP contribution in [-0.4, -0.2) is 17.4 Å². The molecule has 132 valence electrons. The Morgan fingerprint density at radius 2 is 1.70 bits per heavy atom. The largest absolute Gasteiger partial charge is 0.269 e. The molecule has 4 aromatic rings. The van der Waals surface area contributed by atoms with Gasteiger partial charge in [-0.25, -0.2) is 17.4 Å². The van der Waals surface area contributed by atoms with Gasteiger partial charge in [0.2, 0.25) is 0 Å². The standard InChI is InChI=1S/C20H12IN3O2S/c21-19-13-24(27(25,26)17-4-2-1-3-5-17)20-18(19)10-16(12-23-20)15-8-6-14(11-22)7-9-15/h1-10,12-13H. The number of rotatable bonds is 3. The van der Waals surface area contributed by atoms with Crippen LogP contribution in [0, 0.1) is 14.9 Å². The molecule has 0 aliphatic heterocycles. The Labute approximate surface area is 170 Å². The fraction of sp³-hybridized carbons (Fsp3) is 0. The van der Waals surface area contributed by atoms with Crippen molar-refractivity contribution < 1.29 is 8.42 Å². The van der Waals surface area contributed by atoms with Crippen LogP contribution in [0.4, 0.5) is 0 Å². The van der Waals surface area contributed by atoms with Gasteiger partial charge in [-0.05, 0) is 58.5 Å². The maximum Gasteiger partial charge on any atom is 0.269 e. The maximum absolute atomic E-state index is 13.0. The van der Waals surface area contributed by atoms with Crippen LogP contribution in [0.3, 0.4) is 0 Å². The minimum Gasteiger partial charge on any atom is -0.237 e. The first-order chi connectivity index (χ1) is 13.0. The van der Waals surface area contributed by atoms with E-state index in [1.165, 1.54) is 3.97 Å². The first kappa shape index (κ1) is 17.7. The van der Waals surface area contributed by atoms with Crippen molar-refractivity contribution in [3.05, 3.63) is 82.2 Å². The van der Waals surface area contributed by atoms with E-state index in [2.05, 4.69) is 33.6 Å². The van der Waals surface area contributed by atoms with E-state index in [0.717, 1.165) is 20.1 Å². The number of nitriles is 1. The summed E-state index contributed by atoms with van der Waals surface area (Å²) in [4.78, 5) is 4.65. The fourth-order valence-electron chi connectivity index (χ4n) is 2.83. The highest BCUT2D eigenvalue weighted by Crippen LogP contribution is 2.29. The predicted molar refractivity (Wildman–Crippen MR) is 112 cm³/mol. The Balaban J connectivity index is 1.86. The average molecular weight is 485 g/mol. The van der Waals surface area contributed by atoms with Gasteiger partial charge in [-0.3, -0.25) is 0 Å². The highest BCUT2D eigenvalue weighted by molar-refractivity contribution is 14.1. The summed E-state index contributed by atoms with van der Waals surface area (Å²) < 4.78 is 28.0. The van der Waals surface area contributed by atoms with Crippen LogP contribution in [0.25, 0.3) is 22.2 Å². The molecule has 0 amide bonds. The predicted octanol–water partition coefficient (Wildman–Crippen LogP) is 4.42. The van der Waals surface area contributed by atoms with Crippen LogP contribution in [0.5, 0.6) is 0 Å². The summed E-state index contributed by atoms with van der Waals surface area (Å²) >= 11 is 2.12. The van der Waals surface area contributed by atoms with Gasteiger partial charge in [0.1, 0.15) is 0 Å². The highest BCUT2D eigenvalue weighted by atomic mass is 127. The molecule has 2 aromatic heterocycles. The Kier molecular flexibility index (Phi) is 4.45. The van der Waals surface area contributed by atoms with E-state index >= 15 is 0 Å². The van der Waals surface area contributed by atoms with Crippen LogP contribution in [-0.2, 0) is 10.0 Å². The lowest BCUT2D eigenvalue weighted by molar-refractivity contribution is 0.588. The summed E-state index contributed by atoms with van der Waals surface area (Å²) in [6.07, 6.45) is 3.24. The average Bonchev–Trinajstić information content (AvgIpc) is 3.05. The summed E-state index contributed by atoms with van der Waals surface area (Å²) in [6.45, 7) is 0. The molecule has 0 saturated carbocycles. The number of pyridine rings is 1. The van der Waals surface area contributed by atoms with Crippen molar-refractivity contribution in [1.29, 1.82) is 5.26 Å². The third-order valence-corrected chi connectivity index (χ3v) is 6.73. The number of hydrogen-bond donors (Lipinski definition) is 0. The molecule has 2 aromatic carbocycles. The normalized spacial score (nSPS) is 11.4. The molecular formula is C20H12IN3O2S. The second kappa shape index (κ2) is 6.79. The van der Waals surface area contributed by atoms with Crippen LogP contribution in [0.1, 0.15) is 5.56 Å². The van der Waals surface area contributed by atoms with E-state index in [0.29, 0.717) is 11.2 Å². The topological polar surface area (TPSA) is 75.8 Å². The molecule has 5 nitrogen and oxygen atoms in total. The molecule has 0 fully saturated rings. The molecule has 7 heteroatoms. The van der Waals surface area contributed by atoms with E-state index in [1.54, 1.807) is 54.9 Å². The number of halogens is 1. The van der Waals surface area contributed by atoms with Gasteiger partial charge in [0.25, 0.3) is 10.0 Å². The van der Waals surface area contributed by atoms with Crippen molar-refractivity contribution in [2.24, 2.45) is 0 Å². The van der Waals surface area contributed by atoms with Crippen molar-refractivity contribution in [2.45, 2.75) is 4.90 Å². The molecule has 2 heterocycles. The number of nitrogens with zero attached hydrogens (tertiary/aromatic N) is 3. The van der Waals surface area contributed by atoms with Gasteiger partial charge < -0.3 is 0 Å². The summed E-state index contributed by atoms with van der Waals surface area (Å²) in [7, 11) is -3.72. The number of aromatic nitrogens is 2. The summed E-state index contributed by atoms with van der Waals surface area (Å²) in [5, 5.41) is 9.69. The highest BCUT2D eigenvalue weighted by Gasteiger charge is 2.21. The smallest absolute Gasteiger partial charge is 0.237 e. The molecule has 0 atom stereocenters. The van der Waals surface area contributed by atoms with Crippen molar-refractivity contribution in [3.8, 4) is 17.2 Å². The number of fused-ring (bicyclic) bond motifs is 1. The van der Waals surface area contributed by atoms with Crippen molar-refractivity contribution in [1.82, 2.24) is 8.96 Å². The summed E-state index contributed by atoms with van der Waals surface area (Å²) in [5.41, 5.74) is 2.75. The minimum absolute atomic E-state index is 0.219. The monoisotopic (exact) mass is 485 g/mol. The molecule has 27 heavy (non-hydrogen) atoms. The van der Waals surface area contributed by atoms with Crippen LogP contribution in [0.2, 0.25) is 0 Å². The third kappa shape index (κ3) is 3.11. The molecule has 0 unspecified atom stereocenters. The summed E-state index contributed by atoms with van der Waals surface area (Å²) in [5.74, 6) is 0.